The van der Waals surface area contributed by atoms with Crippen LogP contribution in [-0.2, 0) is 0 Å². The van der Waals surface area contributed by atoms with E-state index in [1.165, 1.54) is 19.5 Å². The molecule has 2 rings (SSSR count). The molecule has 0 aromatic rings. The first-order valence-corrected chi connectivity index (χ1v) is 3.30. The first-order valence-electron chi connectivity index (χ1n) is 3.30. The topological polar surface area (TPSA) is 15.3 Å². The number of nitrogens with one attached hydrogen (secondary N) is 1. The summed E-state index contributed by atoms with van der Waals surface area (Å²) in [5.41, 5.74) is 0. The second-order valence-electron chi connectivity index (χ2n) is 2.93. The molecule has 2 fully saturated rings. The van der Waals surface area contributed by atoms with Crippen LogP contribution in [0, 0.1) is 0 Å². The molecule has 0 radical (unpaired) electrons. The Labute approximate surface area is 76.2 Å². The number of piperazine rings is 1. The summed E-state index contributed by atoms with van der Waals surface area (Å²) in [4.78, 5) is 2.45. The monoisotopic (exact) mass is 180 g/mol. The van der Waals surface area contributed by atoms with Gasteiger partial charge in [-0.25, -0.2) is 0 Å². The molecule has 0 saturated carbocycles. The highest BCUT2D eigenvalue weighted by molar-refractivity contribution is 7.59. The van der Waals surface area contributed by atoms with Crippen molar-refractivity contribution in [1.29, 1.82) is 0 Å². The Balaban J connectivity index is 0.000000405. The fourth-order valence-corrected chi connectivity index (χ4v) is 1.77. The van der Waals surface area contributed by atoms with Gasteiger partial charge in [0.2, 0.25) is 0 Å². The predicted octanol–water partition coefficient (Wildman–Crippen LogP) is -0.112. The molecule has 10 heavy (non-hydrogen) atoms. The van der Waals surface area contributed by atoms with Crippen molar-refractivity contribution < 1.29 is 0 Å². The van der Waals surface area contributed by atoms with Gasteiger partial charge in [0.1, 0.15) is 0 Å². The molecule has 0 aromatic carbocycles. The van der Waals surface area contributed by atoms with Crippen LogP contribution in [0.1, 0.15) is 6.42 Å². The van der Waals surface area contributed by atoms with E-state index >= 15 is 0 Å². The van der Waals surface area contributed by atoms with Crippen LogP contribution in [0.15, 0.2) is 0 Å². The molecule has 0 spiro atoms. The molecule has 0 amide bonds. The lowest BCUT2D eigenvalue weighted by atomic mass is 10.2. The standard InChI is InChI=1S/C6H12N2.2H2S/c1-8-4-5-2-6(8)3-7-5;;/h5-7H,2-4H2,1H3;2*1H2/t5-,6-;;/m0../s1. The lowest BCUT2D eigenvalue weighted by Crippen LogP contribution is -2.41. The van der Waals surface area contributed by atoms with Crippen LogP contribution in [0.5, 0.6) is 0 Å². The summed E-state index contributed by atoms with van der Waals surface area (Å²) in [7, 11) is 2.21. The number of rotatable bonds is 0. The lowest BCUT2D eigenvalue weighted by molar-refractivity contribution is 0.276. The Morgan fingerprint density at radius 3 is 2.30 bits per heavy atom. The summed E-state index contributed by atoms with van der Waals surface area (Å²) < 4.78 is 0. The largest absolute Gasteiger partial charge is 0.311 e. The molecule has 62 valence electrons. The van der Waals surface area contributed by atoms with Crippen molar-refractivity contribution in [2.75, 3.05) is 20.1 Å². The van der Waals surface area contributed by atoms with E-state index in [1.807, 2.05) is 0 Å². The molecule has 0 unspecified atom stereocenters. The van der Waals surface area contributed by atoms with Crippen molar-refractivity contribution in [2.45, 2.75) is 18.5 Å². The van der Waals surface area contributed by atoms with Gasteiger partial charge in [-0.05, 0) is 13.5 Å². The van der Waals surface area contributed by atoms with Gasteiger partial charge in [0, 0.05) is 25.2 Å². The van der Waals surface area contributed by atoms with Gasteiger partial charge in [0.05, 0.1) is 0 Å². The van der Waals surface area contributed by atoms with E-state index in [0.29, 0.717) is 0 Å². The number of fused-ring (bicyclic) bond motifs is 2. The smallest absolute Gasteiger partial charge is 0.0233 e. The summed E-state index contributed by atoms with van der Waals surface area (Å²) in [6, 6.07) is 1.69. The van der Waals surface area contributed by atoms with Crippen LogP contribution in [0.3, 0.4) is 0 Å². The van der Waals surface area contributed by atoms with E-state index in [9.17, 15) is 0 Å². The van der Waals surface area contributed by atoms with E-state index in [2.05, 4.69) is 17.3 Å². The van der Waals surface area contributed by atoms with Crippen molar-refractivity contribution in [1.82, 2.24) is 10.2 Å². The maximum atomic E-state index is 3.44. The van der Waals surface area contributed by atoms with E-state index < -0.39 is 0 Å². The summed E-state index contributed by atoms with van der Waals surface area (Å²) in [5, 5.41) is 3.44. The molecule has 2 bridgehead atoms. The molecule has 2 atom stereocenters. The first-order chi connectivity index (χ1) is 3.86. The number of hydrogen-bond donors (Lipinski definition) is 1. The third-order valence-corrected chi connectivity index (χ3v) is 2.33. The highest BCUT2D eigenvalue weighted by Crippen LogP contribution is 2.20. The number of nitrogens with zero attached hydrogens (tertiary/aromatic N) is 1. The Hall–Kier alpha value is 0.620. The van der Waals surface area contributed by atoms with Crippen LogP contribution < -0.4 is 5.32 Å². The van der Waals surface area contributed by atoms with Crippen LogP contribution in [-0.4, -0.2) is 37.1 Å². The molecule has 0 aliphatic carbocycles. The minimum atomic E-state index is 0. The van der Waals surface area contributed by atoms with E-state index in [4.69, 9.17) is 0 Å². The molecule has 2 nitrogen and oxygen atoms in total. The minimum Gasteiger partial charge on any atom is -0.311 e. The van der Waals surface area contributed by atoms with Gasteiger partial charge in [0.25, 0.3) is 0 Å². The second kappa shape index (κ2) is 3.85. The van der Waals surface area contributed by atoms with E-state index in [-0.39, 0.29) is 27.0 Å². The lowest BCUT2D eigenvalue weighted by Gasteiger charge is -2.21. The van der Waals surface area contributed by atoms with Gasteiger partial charge >= 0.3 is 0 Å². The summed E-state index contributed by atoms with van der Waals surface area (Å²) in [6.45, 7) is 2.49. The van der Waals surface area contributed by atoms with Crippen molar-refractivity contribution in [3.05, 3.63) is 0 Å². The van der Waals surface area contributed by atoms with E-state index in [1.54, 1.807) is 0 Å². The molecule has 2 saturated heterocycles. The third kappa shape index (κ3) is 1.61. The number of likely N-dealkylation sites (tertiary alicyclic amines) is 1. The van der Waals surface area contributed by atoms with Crippen molar-refractivity contribution in [3.63, 3.8) is 0 Å². The number of hydrogen-bond acceptors (Lipinski definition) is 2. The summed E-state index contributed by atoms with van der Waals surface area (Å²) >= 11 is 0. The molecule has 2 aliphatic heterocycles. The third-order valence-electron chi connectivity index (χ3n) is 2.33. The Kier molecular flexibility index (Phi) is 4.09. The molecule has 2 aliphatic rings. The maximum Gasteiger partial charge on any atom is 0.0233 e. The second-order valence-corrected chi connectivity index (χ2v) is 2.93. The minimum absolute atomic E-state index is 0. The Morgan fingerprint density at radius 1 is 1.40 bits per heavy atom. The number of likely N-dealkylation sites (N-methyl/N-ethyl adjacent to an activating group) is 1. The van der Waals surface area contributed by atoms with Crippen LogP contribution in [0.2, 0.25) is 0 Å². The fourth-order valence-electron chi connectivity index (χ4n) is 1.77. The van der Waals surface area contributed by atoms with Crippen molar-refractivity contribution in [3.8, 4) is 0 Å². The van der Waals surface area contributed by atoms with Gasteiger partial charge in [-0.1, -0.05) is 0 Å². The quantitative estimate of drug-likeness (QED) is 0.559. The van der Waals surface area contributed by atoms with Gasteiger partial charge in [-0.15, -0.1) is 0 Å². The normalized spacial score (nSPS) is 36.9. The fraction of sp³-hybridized carbons (Fsp3) is 1.00. The van der Waals surface area contributed by atoms with Crippen molar-refractivity contribution in [2.24, 2.45) is 0 Å². The van der Waals surface area contributed by atoms with Gasteiger partial charge in [0.15, 0.2) is 0 Å². The molecule has 2 heterocycles. The van der Waals surface area contributed by atoms with Gasteiger partial charge < -0.3 is 10.2 Å². The first kappa shape index (κ1) is 10.6. The van der Waals surface area contributed by atoms with Crippen LogP contribution in [0.4, 0.5) is 0 Å². The van der Waals surface area contributed by atoms with Gasteiger partial charge in [-0.3, -0.25) is 0 Å². The molecular weight excluding hydrogens is 164 g/mol. The Bertz CT molecular complexity index is 108. The van der Waals surface area contributed by atoms with Crippen molar-refractivity contribution >= 4 is 27.0 Å². The van der Waals surface area contributed by atoms with Gasteiger partial charge in [-0.2, -0.15) is 27.0 Å². The zero-order chi connectivity index (χ0) is 5.56. The van der Waals surface area contributed by atoms with Crippen LogP contribution >= 0.6 is 27.0 Å². The predicted molar refractivity (Wildman–Crippen MR) is 53.6 cm³/mol. The van der Waals surface area contributed by atoms with Crippen LogP contribution in [0.25, 0.3) is 0 Å². The summed E-state index contributed by atoms with van der Waals surface area (Å²) in [5.74, 6) is 0. The molecule has 0 aromatic heterocycles. The van der Waals surface area contributed by atoms with E-state index in [0.717, 1.165) is 12.1 Å². The molecular formula is C6H16N2S2. The highest BCUT2D eigenvalue weighted by Gasteiger charge is 2.34. The summed E-state index contributed by atoms with van der Waals surface area (Å²) in [6.07, 6.45) is 1.39. The molecule has 1 N–H and O–H groups in total. The average molecular weight is 180 g/mol. The zero-order valence-electron chi connectivity index (χ0n) is 6.22. The maximum absolute atomic E-state index is 3.44. The highest BCUT2D eigenvalue weighted by atomic mass is 32.1. The average Bonchev–Trinajstić information content (AvgIpc) is 2.23. The SMILES string of the molecule is CN1C[C@@H]2C[C@H]1CN2.S.S. The zero-order valence-corrected chi connectivity index (χ0v) is 8.22. The Morgan fingerprint density at radius 2 is 2.10 bits per heavy atom. The molecule has 4 heteroatoms.